The molecule has 0 radical (unpaired) electrons. The number of hydrogen-bond acceptors (Lipinski definition) is 3. The zero-order chi connectivity index (χ0) is 10.2. The molecule has 0 fully saturated rings. The summed E-state index contributed by atoms with van der Waals surface area (Å²) in [6.07, 6.45) is 3.95. The highest BCUT2D eigenvalue weighted by Gasteiger charge is 1.99. The fourth-order valence-electron chi connectivity index (χ4n) is 1.08. The van der Waals surface area contributed by atoms with E-state index in [1.807, 2.05) is 30.1 Å². The van der Waals surface area contributed by atoms with E-state index < -0.39 is 0 Å². The first-order valence-corrected chi connectivity index (χ1v) is 6.21. The Kier molecular flexibility index (Phi) is 5.64. The average molecular weight is 210 g/mol. The second-order valence-corrected chi connectivity index (χ2v) is 4.46. The largest absolute Gasteiger partial charge is 0.327 e. The summed E-state index contributed by atoms with van der Waals surface area (Å²) in [5, 5.41) is 0. The van der Waals surface area contributed by atoms with Gasteiger partial charge in [-0.05, 0) is 30.7 Å². The Morgan fingerprint density at radius 1 is 1.50 bits per heavy atom. The van der Waals surface area contributed by atoms with Crippen LogP contribution in [0.3, 0.4) is 0 Å². The van der Waals surface area contributed by atoms with Crippen LogP contribution >= 0.6 is 11.8 Å². The van der Waals surface area contributed by atoms with Gasteiger partial charge < -0.3 is 5.73 Å². The molecular formula is C11H18N2S. The molecule has 2 nitrogen and oxygen atoms in total. The van der Waals surface area contributed by atoms with E-state index in [1.165, 1.54) is 5.69 Å². The van der Waals surface area contributed by atoms with Gasteiger partial charge in [0.05, 0.1) is 0 Å². The molecule has 0 amide bonds. The van der Waals surface area contributed by atoms with Gasteiger partial charge in [-0.1, -0.05) is 13.0 Å². The Balaban J connectivity index is 2.10. The van der Waals surface area contributed by atoms with Crippen molar-refractivity contribution in [3.05, 3.63) is 30.1 Å². The van der Waals surface area contributed by atoms with Crippen LogP contribution in [0, 0.1) is 0 Å². The van der Waals surface area contributed by atoms with E-state index in [4.69, 9.17) is 5.73 Å². The highest BCUT2D eigenvalue weighted by atomic mass is 32.2. The third-order valence-electron chi connectivity index (χ3n) is 2.08. The van der Waals surface area contributed by atoms with Crippen LogP contribution in [-0.4, -0.2) is 22.5 Å². The monoisotopic (exact) mass is 210 g/mol. The normalized spacial score (nSPS) is 12.7. The van der Waals surface area contributed by atoms with Crippen LogP contribution < -0.4 is 5.73 Å². The predicted molar refractivity (Wildman–Crippen MR) is 63.5 cm³/mol. The van der Waals surface area contributed by atoms with Crippen LogP contribution in [0.2, 0.25) is 0 Å². The quantitative estimate of drug-likeness (QED) is 0.731. The number of thioether (sulfide) groups is 1. The second kappa shape index (κ2) is 6.85. The molecule has 0 saturated carbocycles. The van der Waals surface area contributed by atoms with Crippen molar-refractivity contribution in [3.8, 4) is 0 Å². The minimum atomic E-state index is 0.351. The van der Waals surface area contributed by atoms with Gasteiger partial charge in [0, 0.05) is 23.7 Å². The predicted octanol–water partition coefficient (Wildman–Crippen LogP) is 2.09. The molecule has 0 aliphatic rings. The fourth-order valence-corrected chi connectivity index (χ4v) is 2.13. The van der Waals surface area contributed by atoms with Crippen LogP contribution in [0.4, 0.5) is 0 Å². The van der Waals surface area contributed by atoms with E-state index >= 15 is 0 Å². The highest BCUT2D eigenvalue weighted by Crippen LogP contribution is 2.06. The maximum atomic E-state index is 5.82. The third-order valence-corrected chi connectivity index (χ3v) is 3.24. The van der Waals surface area contributed by atoms with Crippen LogP contribution in [0.25, 0.3) is 0 Å². The lowest BCUT2D eigenvalue weighted by atomic mass is 10.3. The lowest BCUT2D eigenvalue weighted by molar-refractivity contribution is 0.724. The summed E-state index contributed by atoms with van der Waals surface area (Å²) < 4.78 is 0. The van der Waals surface area contributed by atoms with Crippen molar-refractivity contribution in [2.24, 2.45) is 5.73 Å². The summed E-state index contributed by atoms with van der Waals surface area (Å²) in [7, 11) is 0. The molecular weight excluding hydrogens is 192 g/mol. The van der Waals surface area contributed by atoms with Gasteiger partial charge in [-0.3, -0.25) is 4.98 Å². The van der Waals surface area contributed by atoms with Gasteiger partial charge in [0.15, 0.2) is 0 Å². The molecule has 0 saturated heterocycles. The van der Waals surface area contributed by atoms with Gasteiger partial charge in [0.2, 0.25) is 0 Å². The van der Waals surface area contributed by atoms with Gasteiger partial charge in [-0.25, -0.2) is 0 Å². The van der Waals surface area contributed by atoms with Gasteiger partial charge in [0.1, 0.15) is 0 Å². The van der Waals surface area contributed by atoms with Gasteiger partial charge in [-0.15, -0.1) is 0 Å². The van der Waals surface area contributed by atoms with E-state index in [9.17, 15) is 0 Å². The van der Waals surface area contributed by atoms with Crippen LogP contribution in [0.1, 0.15) is 19.0 Å². The molecule has 0 aliphatic carbocycles. The summed E-state index contributed by atoms with van der Waals surface area (Å²) in [5.74, 6) is 2.17. The van der Waals surface area contributed by atoms with Crippen molar-refractivity contribution in [3.63, 3.8) is 0 Å². The number of hydrogen-bond donors (Lipinski definition) is 1. The molecule has 1 atom stereocenters. The SMILES string of the molecule is CCC(N)CSCCc1ccccn1. The molecule has 0 bridgehead atoms. The Bertz CT molecular complexity index is 238. The molecule has 3 heteroatoms. The van der Waals surface area contributed by atoms with Crippen molar-refractivity contribution in [2.75, 3.05) is 11.5 Å². The summed E-state index contributed by atoms with van der Waals surface area (Å²) in [5.41, 5.74) is 6.99. The Labute approximate surface area is 90.3 Å². The lowest BCUT2D eigenvalue weighted by Gasteiger charge is -2.07. The lowest BCUT2D eigenvalue weighted by Crippen LogP contribution is -2.21. The van der Waals surface area contributed by atoms with Crippen molar-refractivity contribution < 1.29 is 0 Å². The van der Waals surface area contributed by atoms with Crippen molar-refractivity contribution in [2.45, 2.75) is 25.8 Å². The van der Waals surface area contributed by atoms with Gasteiger partial charge >= 0.3 is 0 Å². The van der Waals surface area contributed by atoms with Crippen molar-refractivity contribution >= 4 is 11.8 Å². The van der Waals surface area contributed by atoms with E-state index in [1.54, 1.807) is 0 Å². The zero-order valence-electron chi connectivity index (χ0n) is 8.65. The Morgan fingerprint density at radius 3 is 3.00 bits per heavy atom. The standard InChI is InChI=1S/C11H18N2S/c1-2-10(12)9-14-8-6-11-5-3-4-7-13-11/h3-5,7,10H,2,6,8-9,12H2,1H3. The molecule has 0 spiro atoms. The number of nitrogens with zero attached hydrogens (tertiary/aromatic N) is 1. The van der Waals surface area contributed by atoms with Gasteiger partial charge in [0.25, 0.3) is 0 Å². The van der Waals surface area contributed by atoms with E-state index in [0.717, 1.165) is 24.3 Å². The van der Waals surface area contributed by atoms with Crippen molar-refractivity contribution in [1.29, 1.82) is 0 Å². The molecule has 1 heterocycles. The number of nitrogens with two attached hydrogens (primary N) is 1. The second-order valence-electron chi connectivity index (χ2n) is 3.31. The number of aromatic nitrogens is 1. The van der Waals surface area contributed by atoms with Crippen molar-refractivity contribution in [1.82, 2.24) is 4.98 Å². The van der Waals surface area contributed by atoms with Crippen LogP contribution in [0.15, 0.2) is 24.4 Å². The number of rotatable bonds is 6. The molecule has 14 heavy (non-hydrogen) atoms. The maximum absolute atomic E-state index is 5.82. The molecule has 2 N–H and O–H groups in total. The fraction of sp³-hybridized carbons (Fsp3) is 0.545. The smallest absolute Gasteiger partial charge is 0.0411 e. The first-order valence-electron chi connectivity index (χ1n) is 5.06. The van der Waals surface area contributed by atoms with E-state index in [-0.39, 0.29) is 0 Å². The summed E-state index contributed by atoms with van der Waals surface area (Å²) in [6.45, 7) is 2.13. The van der Waals surface area contributed by atoms with E-state index in [2.05, 4.69) is 18.0 Å². The maximum Gasteiger partial charge on any atom is 0.0411 e. The van der Waals surface area contributed by atoms with Gasteiger partial charge in [-0.2, -0.15) is 11.8 Å². The third kappa shape index (κ3) is 4.63. The Morgan fingerprint density at radius 2 is 2.36 bits per heavy atom. The minimum absolute atomic E-state index is 0.351. The molecule has 1 aromatic heterocycles. The summed E-state index contributed by atoms with van der Waals surface area (Å²) in [4.78, 5) is 4.27. The molecule has 0 aromatic carbocycles. The number of aryl methyl sites for hydroxylation is 1. The van der Waals surface area contributed by atoms with Crippen LogP contribution in [-0.2, 0) is 6.42 Å². The topological polar surface area (TPSA) is 38.9 Å². The molecule has 1 rings (SSSR count). The molecule has 1 unspecified atom stereocenters. The zero-order valence-corrected chi connectivity index (χ0v) is 9.46. The average Bonchev–Trinajstić information content (AvgIpc) is 2.25. The Hall–Kier alpha value is -0.540. The summed E-state index contributed by atoms with van der Waals surface area (Å²) >= 11 is 1.92. The van der Waals surface area contributed by atoms with Crippen LogP contribution in [0.5, 0.6) is 0 Å². The molecule has 78 valence electrons. The highest BCUT2D eigenvalue weighted by molar-refractivity contribution is 7.99. The summed E-state index contributed by atoms with van der Waals surface area (Å²) in [6, 6.07) is 6.40. The molecule has 1 aromatic rings. The first-order chi connectivity index (χ1) is 6.83. The molecule has 0 aliphatic heterocycles. The minimum Gasteiger partial charge on any atom is -0.327 e. The number of pyridine rings is 1. The first kappa shape index (κ1) is 11.5. The van der Waals surface area contributed by atoms with E-state index in [0.29, 0.717) is 6.04 Å².